The van der Waals surface area contributed by atoms with E-state index < -0.39 is 5.60 Å². The molecule has 0 aliphatic heterocycles. The van der Waals surface area contributed by atoms with Crippen LogP contribution in [0.1, 0.15) is 64.2 Å². The van der Waals surface area contributed by atoms with Gasteiger partial charge >= 0.3 is 6.03 Å². The smallest absolute Gasteiger partial charge is 0.315 e. The molecule has 114 valence electrons. The van der Waals surface area contributed by atoms with Crippen LogP contribution in [-0.2, 0) is 0 Å². The third kappa shape index (κ3) is 3.87. The lowest BCUT2D eigenvalue weighted by Crippen LogP contribution is -2.49. The molecule has 0 spiro atoms. The molecule has 0 saturated heterocycles. The van der Waals surface area contributed by atoms with Gasteiger partial charge in [0.25, 0.3) is 0 Å². The highest BCUT2D eigenvalue weighted by Gasteiger charge is 2.42. The molecule has 3 aliphatic rings. The van der Waals surface area contributed by atoms with Gasteiger partial charge in [0.1, 0.15) is 0 Å². The van der Waals surface area contributed by atoms with Crippen molar-refractivity contribution in [1.29, 1.82) is 0 Å². The molecule has 2 amide bonds. The zero-order chi connectivity index (χ0) is 14.0. The molecular weight excluding hydrogens is 252 g/mol. The number of hydrogen-bond donors (Lipinski definition) is 3. The molecule has 3 rings (SSSR count). The van der Waals surface area contributed by atoms with Gasteiger partial charge in [0.15, 0.2) is 0 Å². The first kappa shape index (κ1) is 14.2. The molecule has 4 nitrogen and oxygen atoms in total. The predicted octanol–water partition coefficient (Wildman–Crippen LogP) is 2.56. The van der Waals surface area contributed by atoms with E-state index in [-0.39, 0.29) is 6.03 Å². The summed E-state index contributed by atoms with van der Waals surface area (Å²) in [5.41, 5.74) is -0.678. The Morgan fingerprint density at radius 3 is 2.10 bits per heavy atom. The van der Waals surface area contributed by atoms with Gasteiger partial charge in [-0.05, 0) is 50.4 Å². The van der Waals surface area contributed by atoms with Crippen molar-refractivity contribution in [2.24, 2.45) is 11.8 Å². The van der Waals surface area contributed by atoms with Gasteiger partial charge in [0, 0.05) is 12.6 Å². The average molecular weight is 280 g/mol. The van der Waals surface area contributed by atoms with Crippen molar-refractivity contribution in [3.63, 3.8) is 0 Å². The van der Waals surface area contributed by atoms with Gasteiger partial charge in [-0.3, -0.25) is 0 Å². The minimum Gasteiger partial charge on any atom is -0.388 e. The maximum Gasteiger partial charge on any atom is 0.315 e. The van der Waals surface area contributed by atoms with E-state index in [1.165, 1.54) is 38.5 Å². The Balaban J connectivity index is 1.43. The fourth-order valence-electron chi connectivity index (χ4n) is 3.54. The van der Waals surface area contributed by atoms with Crippen LogP contribution in [0.5, 0.6) is 0 Å². The summed E-state index contributed by atoms with van der Waals surface area (Å²) in [7, 11) is 0. The molecule has 0 unspecified atom stereocenters. The molecule has 3 fully saturated rings. The van der Waals surface area contributed by atoms with E-state index in [4.69, 9.17) is 0 Å². The van der Waals surface area contributed by atoms with E-state index in [9.17, 15) is 9.90 Å². The molecule has 3 N–H and O–H groups in total. The van der Waals surface area contributed by atoms with Crippen LogP contribution in [-0.4, -0.2) is 29.3 Å². The zero-order valence-corrected chi connectivity index (χ0v) is 12.4. The first-order chi connectivity index (χ1) is 9.66. The quantitative estimate of drug-likeness (QED) is 0.678. The van der Waals surface area contributed by atoms with Crippen LogP contribution in [0.15, 0.2) is 0 Å². The van der Waals surface area contributed by atoms with Crippen molar-refractivity contribution in [3.8, 4) is 0 Å². The monoisotopic (exact) mass is 280 g/mol. The molecule has 20 heavy (non-hydrogen) atoms. The van der Waals surface area contributed by atoms with E-state index >= 15 is 0 Å². The summed E-state index contributed by atoms with van der Waals surface area (Å²) < 4.78 is 0. The largest absolute Gasteiger partial charge is 0.388 e. The van der Waals surface area contributed by atoms with Crippen molar-refractivity contribution in [3.05, 3.63) is 0 Å². The maximum absolute atomic E-state index is 12.1. The summed E-state index contributed by atoms with van der Waals surface area (Å²) in [5.74, 6) is 1.43. The number of rotatable bonds is 5. The Bertz CT molecular complexity index is 330. The molecule has 3 saturated carbocycles. The molecule has 0 atom stereocenters. The third-order valence-electron chi connectivity index (χ3n) is 5.17. The van der Waals surface area contributed by atoms with Crippen LogP contribution in [0.25, 0.3) is 0 Å². The second-order valence-electron chi connectivity index (χ2n) is 7.17. The van der Waals surface area contributed by atoms with Crippen LogP contribution in [0, 0.1) is 11.8 Å². The second-order valence-corrected chi connectivity index (χ2v) is 7.17. The van der Waals surface area contributed by atoms with Crippen LogP contribution in [0.2, 0.25) is 0 Å². The summed E-state index contributed by atoms with van der Waals surface area (Å²) in [5, 5.41) is 16.6. The van der Waals surface area contributed by atoms with E-state index in [1.54, 1.807) is 0 Å². The van der Waals surface area contributed by atoms with Gasteiger partial charge in [-0.15, -0.1) is 0 Å². The normalized spacial score (nSPS) is 26.1. The summed E-state index contributed by atoms with van der Waals surface area (Å²) in [6.45, 7) is 0.404. The maximum atomic E-state index is 12.1. The number of carbonyl (C=O) groups excluding carboxylic acids is 1. The first-order valence-electron chi connectivity index (χ1n) is 8.43. The zero-order valence-electron chi connectivity index (χ0n) is 12.4. The van der Waals surface area contributed by atoms with Crippen molar-refractivity contribution < 1.29 is 9.90 Å². The molecule has 3 aliphatic carbocycles. The highest BCUT2D eigenvalue weighted by molar-refractivity contribution is 5.74. The second kappa shape index (κ2) is 5.92. The van der Waals surface area contributed by atoms with E-state index in [1.807, 2.05) is 0 Å². The topological polar surface area (TPSA) is 61.4 Å². The Kier molecular flexibility index (Phi) is 4.20. The number of amides is 2. The van der Waals surface area contributed by atoms with Crippen molar-refractivity contribution in [2.45, 2.75) is 75.9 Å². The van der Waals surface area contributed by atoms with E-state index in [0.717, 1.165) is 25.7 Å². The lowest BCUT2D eigenvalue weighted by atomic mass is 9.94. The number of hydrogen-bond acceptors (Lipinski definition) is 2. The van der Waals surface area contributed by atoms with Crippen LogP contribution in [0.4, 0.5) is 4.79 Å². The highest BCUT2D eigenvalue weighted by Crippen LogP contribution is 2.44. The lowest BCUT2D eigenvalue weighted by Gasteiger charge is -2.27. The molecule has 0 aromatic rings. The molecule has 4 heteroatoms. The minimum atomic E-state index is -0.678. The summed E-state index contributed by atoms with van der Waals surface area (Å²) in [6.07, 6.45) is 11.3. The Hall–Kier alpha value is -0.770. The number of nitrogens with one attached hydrogen (secondary N) is 2. The van der Waals surface area contributed by atoms with Gasteiger partial charge in [-0.2, -0.15) is 0 Å². The van der Waals surface area contributed by atoms with Gasteiger partial charge in [-0.1, -0.05) is 25.7 Å². The van der Waals surface area contributed by atoms with Gasteiger partial charge < -0.3 is 15.7 Å². The third-order valence-corrected chi connectivity index (χ3v) is 5.17. The fourth-order valence-corrected chi connectivity index (χ4v) is 3.54. The van der Waals surface area contributed by atoms with Crippen LogP contribution in [0.3, 0.4) is 0 Å². The summed E-state index contributed by atoms with van der Waals surface area (Å²) in [4.78, 5) is 12.1. The molecule has 0 aromatic carbocycles. The number of carbonyl (C=O) groups is 1. The first-order valence-corrected chi connectivity index (χ1v) is 8.43. The molecular formula is C16H28N2O2. The standard InChI is InChI=1S/C16H28N2O2/c19-15(18-14(12-5-6-12)13-7-8-13)17-11-16(20)9-3-1-2-4-10-16/h12-14,20H,1-11H2,(H2,17,18,19). The number of urea groups is 1. The van der Waals surface area contributed by atoms with Gasteiger partial charge in [-0.25, -0.2) is 4.79 Å². The Morgan fingerprint density at radius 1 is 1.05 bits per heavy atom. The molecule has 0 radical (unpaired) electrons. The van der Waals surface area contributed by atoms with Crippen LogP contribution < -0.4 is 10.6 Å². The van der Waals surface area contributed by atoms with Crippen molar-refractivity contribution in [2.75, 3.05) is 6.54 Å². The Labute approximate surface area is 121 Å². The average Bonchev–Trinajstić information content (AvgIpc) is 3.30. The number of aliphatic hydroxyl groups is 1. The SMILES string of the molecule is O=C(NCC1(O)CCCCCC1)NC(C1CC1)C1CC1. The molecule has 0 aromatic heterocycles. The molecule has 0 heterocycles. The van der Waals surface area contributed by atoms with Crippen LogP contribution >= 0.6 is 0 Å². The van der Waals surface area contributed by atoms with E-state index in [2.05, 4.69) is 10.6 Å². The summed E-state index contributed by atoms with van der Waals surface area (Å²) >= 11 is 0. The van der Waals surface area contributed by atoms with Gasteiger partial charge in [0.05, 0.1) is 5.60 Å². The summed E-state index contributed by atoms with van der Waals surface area (Å²) in [6, 6.07) is 0.310. The Morgan fingerprint density at radius 2 is 1.60 bits per heavy atom. The van der Waals surface area contributed by atoms with Crippen molar-refractivity contribution >= 4 is 6.03 Å². The van der Waals surface area contributed by atoms with E-state index in [0.29, 0.717) is 24.4 Å². The predicted molar refractivity (Wildman–Crippen MR) is 78.4 cm³/mol. The van der Waals surface area contributed by atoms with Gasteiger partial charge in [0.2, 0.25) is 0 Å². The molecule has 0 bridgehead atoms. The fraction of sp³-hybridized carbons (Fsp3) is 0.938. The highest BCUT2D eigenvalue weighted by atomic mass is 16.3. The van der Waals surface area contributed by atoms with Crippen molar-refractivity contribution in [1.82, 2.24) is 10.6 Å². The lowest BCUT2D eigenvalue weighted by molar-refractivity contribution is 0.0275. The minimum absolute atomic E-state index is 0.0773.